The van der Waals surface area contributed by atoms with Crippen molar-refractivity contribution in [2.24, 2.45) is 5.41 Å². The highest BCUT2D eigenvalue weighted by Crippen LogP contribution is 2.26. The summed E-state index contributed by atoms with van der Waals surface area (Å²) >= 11 is 5.49. The molecule has 0 amide bonds. The fourth-order valence-electron chi connectivity index (χ4n) is 2.51. The second-order valence-electron chi connectivity index (χ2n) is 6.02. The lowest BCUT2D eigenvalue weighted by Crippen LogP contribution is -2.22. The Morgan fingerprint density at radius 3 is 2.70 bits per heavy atom. The molecule has 0 aliphatic carbocycles. The minimum absolute atomic E-state index is 0.125. The largest absolute Gasteiger partial charge is 0.385 e. The van der Waals surface area contributed by atoms with Crippen LogP contribution in [0.4, 0.5) is 0 Å². The Kier molecular flexibility index (Phi) is 4.34. The van der Waals surface area contributed by atoms with Crippen molar-refractivity contribution in [2.75, 3.05) is 13.7 Å². The monoisotopic (exact) mass is 296 g/mol. The van der Waals surface area contributed by atoms with Gasteiger partial charge in [0.2, 0.25) is 0 Å². The summed E-state index contributed by atoms with van der Waals surface area (Å²) in [5, 5.41) is 4.56. The molecule has 0 atom stereocenters. The standard InChI is InChI=1S/C14H24N4OS/c1-6-18-12-11(10(2)16-18)15-13(20)17(12)9-14(3,4)7-8-19-5/h6-9H2,1-5H3,(H,15,20). The lowest BCUT2D eigenvalue weighted by atomic mass is 9.89. The molecule has 0 aromatic carbocycles. The van der Waals surface area contributed by atoms with E-state index in [2.05, 4.69) is 35.4 Å². The molecule has 0 radical (unpaired) electrons. The zero-order valence-electron chi connectivity index (χ0n) is 13.0. The van der Waals surface area contributed by atoms with Crippen molar-refractivity contribution in [2.45, 2.75) is 47.2 Å². The van der Waals surface area contributed by atoms with Crippen LogP contribution in [0.3, 0.4) is 0 Å². The molecule has 0 spiro atoms. The minimum Gasteiger partial charge on any atom is -0.385 e. The molecular weight excluding hydrogens is 272 g/mol. The Labute approximate surface area is 124 Å². The molecule has 2 aromatic rings. The molecule has 0 unspecified atom stereocenters. The Morgan fingerprint density at radius 1 is 1.40 bits per heavy atom. The van der Waals surface area contributed by atoms with Gasteiger partial charge in [-0.05, 0) is 37.9 Å². The number of aromatic nitrogens is 4. The molecule has 112 valence electrons. The van der Waals surface area contributed by atoms with Gasteiger partial charge in [-0.1, -0.05) is 13.8 Å². The first kappa shape index (κ1) is 15.3. The van der Waals surface area contributed by atoms with E-state index in [0.29, 0.717) is 0 Å². The van der Waals surface area contributed by atoms with Gasteiger partial charge in [-0.25, -0.2) is 4.68 Å². The zero-order chi connectivity index (χ0) is 14.9. The van der Waals surface area contributed by atoms with Crippen LogP contribution in [-0.4, -0.2) is 33.0 Å². The number of nitrogens with one attached hydrogen (secondary N) is 1. The average molecular weight is 296 g/mol. The summed E-state index contributed by atoms with van der Waals surface area (Å²) in [5.41, 5.74) is 3.28. The Balaban J connectivity index is 2.43. The van der Waals surface area contributed by atoms with Crippen molar-refractivity contribution in [1.29, 1.82) is 0 Å². The second kappa shape index (κ2) is 5.69. The van der Waals surface area contributed by atoms with Gasteiger partial charge in [0.25, 0.3) is 0 Å². The molecule has 20 heavy (non-hydrogen) atoms. The highest BCUT2D eigenvalue weighted by molar-refractivity contribution is 7.71. The van der Waals surface area contributed by atoms with Crippen molar-refractivity contribution >= 4 is 23.4 Å². The van der Waals surface area contributed by atoms with Gasteiger partial charge < -0.3 is 14.3 Å². The van der Waals surface area contributed by atoms with Gasteiger partial charge in [-0.2, -0.15) is 5.10 Å². The first-order valence-corrected chi connectivity index (χ1v) is 7.45. The molecule has 2 aromatic heterocycles. The Morgan fingerprint density at radius 2 is 2.10 bits per heavy atom. The van der Waals surface area contributed by atoms with Crippen LogP contribution in [0.15, 0.2) is 0 Å². The molecule has 5 nitrogen and oxygen atoms in total. The third kappa shape index (κ3) is 2.81. The molecule has 0 aliphatic heterocycles. The van der Waals surface area contributed by atoms with Crippen LogP contribution in [0.25, 0.3) is 11.2 Å². The van der Waals surface area contributed by atoms with Gasteiger partial charge in [-0.3, -0.25) is 0 Å². The van der Waals surface area contributed by atoms with Crippen LogP contribution in [0.1, 0.15) is 32.9 Å². The normalized spacial score (nSPS) is 12.4. The smallest absolute Gasteiger partial charge is 0.179 e. The van der Waals surface area contributed by atoms with Crippen molar-refractivity contribution in [3.63, 3.8) is 0 Å². The molecular formula is C14H24N4OS. The molecule has 1 N–H and O–H groups in total. The first-order valence-electron chi connectivity index (χ1n) is 7.04. The van der Waals surface area contributed by atoms with Gasteiger partial charge in [0.05, 0.1) is 5.69 Å². The Bertz CT molecular complexity index is 650. The number of aryl methyl sites for hydroxylation is 2. The number of nitrogens with zero attached hydrogens (tertiary/aromatic N) is 3. The van der Waals surface area contributed by atoms with Crippen LogP contribution in [-0.2, 0) is 17.8 Å². The van der Waals surface area contributed by atoms with E-state index in [4.69, 9.17) is 17.0 Å². The average Bonchev–Trinajstić information content (AvgIpc) is 2.86. The van der Waals surface area contributed by atoms with Gasteiger partial charge in [0, 0.05) is 26.8 Å². The summed E-state index contributed by atoms with van der Waals surface area (Å²) in [5.74, 6) is 0. The first-order chi connectivity index (χ1) is 9.39. The van der Waals surface area contributed by atoms with Crippen LogP contribution in [0.5, 0.6) is 0 Å². The maximum Gasteiger partial charge on any atom is 0.179 e. The summed E-state index contributed by atoms with van der Waals surface area (Å²) in [6, 6.07) is 0. The number of hydrogen-bond donors (Lipinski definition) is 1. The van der Waals surface area contributed by atoms with Crippen molar-refractivity contribution in [3.8, 4) is 0 Å². The molecule has 2 rings (SSSR count). The lowest BCUT2D eigenvalue weighted by molar-refractivity contribution is 0.142. The van der Waals surface area contributed by atoms with Crippen molar-refractivity contribution in [3.05, 3.63) is 10.5 Å². The van der Waals surface area contributed by atoms with Crippen LogP contribution in [0.2, 0.25) is 0 Å². The van der Waals surface area contributed by atoms with E-state index in [0.717, 1.165) is 47.7 Å². The van der Waals surface area contributed by atoms with Crippen LogP contribution in [0, 0.1) is 17.1 Å². The molecule has 2 heterocycles. The Hall–Kier alpha value is -1.14. The number of hydrogen-bond acceptors (Lipinski definition) is 3. The molecule has 6 heteroatoms. The summed E-state index contributed by atoms with van der Waals surface area (Å²) in [7, 11) is 1.74. The third-order valence-electron chi connectivity index (χ3n) is 3.70. The van der Waals surface area contributed by atoms with E-state index in [1.165, 1.54) is 0 Å². The van der Waals surface area contributed by atoms with E-state index in [9.17, 15) is 0 Å². The number of aromatic amines is 1. The summed E-state index contributed by atoms with van der Waals surface area (Å²) < 4.78 is 10.2. The fraction of sp³-hybridized carbons (Fsp3) is 0.714. The van der Waals surface area contributed by atoms with E-state index in [1.54, 1.807) is 7.11 Å². The van der Waals surface area contributed by atoms with Gasteiger partial charge >= 0.3 is 0 Å². The topological polar surface area (TPSA) is 47.8 Å². The summed E-state index contributed by atoms with van der Waals surface area (Å²) in [6.07, 6.45) is 0.997. The van der Waals surface area contributed by atoms with Crippen LogP contribution < -0.4 is 0 Å². The van der Waals surface area contributed by atoms with E-state index < -0.39 is 0 Å². The maximum absolute atomic E-state index is 5.49. The number of rotatable bonds is 6. The van der Waals surface area contributed by atoms with Crippen molar-refractivity contribution in [1.82, 2.24) is 19.3 Å². The third-order valence-corrected chi connectivity index (χ3v) is 4.02. The second-order valence-corrected chi connectivity index (χ2v) is 6.41. The van der Waals surface area contributed by atoms with Crippen LogP contribution >= 0.6 is 12.2 Å². The number of H-pyrrole nitrogens is 1. The number of methoxy groups -OCH3 is 1. The zero-order valence-corrected chi connectivity index (χ0v) is 13.8. The number of imidazole rings is 1. The SMILES string of the molecule is CCn1nc(C)c2[nH]c(=S)n(CC(C)(C)CCOC)c21. The number of fused-ring (bicyclic) bond motifs is 1. The van der Waals surface area contributed by atoms with E-state index >= 15 is 0 Å². The number of ether oxygens (including phenoxy) is 1. The molecule has 0 saturated carbocycles. The predicted molar refractivity (Wildman–Crippen MR) is 83.6 cm³/mol. The predicted octanol–water partition coefficient (Wildman–Crippen LogP) is 3.29. The fourth-order valence-corrected chi connectivity index (χ4v) is 2.77. The van der Waals surface area contributed by atoms with E-state index in [-0.39, 0.29) is 5.41 Å². The van der Waals surface area contributed by atoms with Gasteiger partial charge in [0.15, 0.2) is 10.4 Å². The molecule has 0 bridgehead atoms. The maximum atomic E-state index is 5.49. The lowest BCUT2D eigenvalue weighted by Gasteiger charge is -2.25. The highest BCUT2D eigenvalue weighted by atomic mass is 32.1. The molecule has 0 saturated heterocycles. The van der Waals surface area contributed by atoms with Gasteiger partial charge in [0.1, 0.15) is 5.52 Å². The molecule has 0 aliphatic rings. The summed E-state index contributed by atoms with van der Waals surface area (Å²) in [4.78, 5) is 3.29. The molecule has 0 fully saturated rings. The quantitative estimate of drug-likeness (QED) is 0.832. The minimum atomic E-state index is 0.125. The van der Waals surface area contributed by atoms with E-state index in [1.807, 2.05) is 11.6 Å². The summed E-state index contributed by atoms with van der Waals surface area (Å²) in [6.45, 7) is 11.1. The van der Waals surface area contributed by atoms with Gasteiger partial charge in [-0.15, -0.1) is 0 Å². The van der Waals surface area contributed by atoms with Crippen molar-refractivity contribution < 1.29 is 4.74 Å². The highest BCUT2D eigenvalue weighted by Gasteiger charge is 2.22.